The minimum Gasteiger partial charge on any atom is -0.494 e. The van der Waals surface area contributed by atoms with E-state index < -0.39 is 0 Å². The molecule has 5 heteroatoms. The summed E-state index contributed by atoms with van der Waals surface area (Å²) in [4.78, 5) is 11.2. The Kier molecular flexibility index (Phi) is 4.77. The Morgan fingerprint density at radius 1 is 1.29 bits per heavy atom. The lowest BCUT2D eigenvalue weighted by Crippen LogP contribution is -2.22. The lowest BCUT2D eigenvalue weighted by Gasteiger charge is -2.29. The number of fused-ring (bicyclic) bond motifs is 1. The molecule has 0 aliphatic carbocycles. The maximum atomic E-state index is 5.64. The van der Waals surface area contributed by atoms with Gasteiger partial charge in [-0.1, -0.05) is 33.4 Å². The van der Waals surface area contributed by atoms with Gasteiger partial charge < -0.3 is 9.64 Å². The van der Waals surface area contributed by atoms with Crippen LogP contribution in [0, 0.1) is 0 Å². The van der Waals surface area contributed by atoms with Crippen LogP contribution in [0.3, 0.4) is 0 Å². The first-order valence-electron chi connectivity index (χ1n) is 7.70. The third-order valence-corrected chi connectivity index (χ3v) is 4.80. The van der Waals surface area contributed by atoms with Crippen LogP contribution < -0.4 is 14.9 Å². The van der Waals surface area contributed by atoms with Gasteiger partial charge >= 0.3 is 0 Å². The second kappa shape index (κ2) is 6.98. The maximum Gasteiger partial charge on any atom is 0.152 e. The molecule has 0 saturated carbocycles. The molecule has 2 aromatic carbocycles. The number of ether oxygens (including phenoxy) is 1. The maximum absolute atomic E-state index is 5.64. The molecule has 0 amide bonds. The van der Waals surface area contributed by atoms with E-state index in [0.717, 1.165) is 39.4 Å². The Morgan fingerprint density at radius 3 is 2.67 bits per heavy atom. The second-order valence-electron chi connectivity index (χ2n) is 5.23. The minimum absolute atomic E-state index is 0.601. The number of methoxy groups -OCH3 is 1. The Bertz CT molecular complexity index is 828. The van der Waals surface area contributed by atoms with E-state index in [1.54, 1.807) is 19.7 Å². The Morgan fingerprint density at radius 2 is 2.04 bits per heavy atom. The number of benzene rings is 2. The smallest absolute Gasteiger partial charge is 0.152 e. The van der Waals surface area contributed by atoms with E-state index in [9.17, 15) is 0 Å². The third kappa shape index (κ3) is 2.74. The topological polar surface area (TPSA) is 37.2 Å². The van der Waals surface area contributed by atoms with E-state index in [1.807, 2.05) is 42.2 Å². The summed E-state index contributed by atoms with van der Waals surface area (Å²) >= 11 is 0. The van der Waals surface area contributed by atoms with Crippen LogP contribution in [-0.2, 0) is 0 Å². The molecule has 0 N–H and O–H groups in total. The van der Waals surface area contributed by atoms with E-state index in [1.165, 1.54) is 0 Å². The van der Waals surface area contributed by atoms with Crippen molar-refractivity contribution in [1.29, 1.82) is 0 Å². The molecule has 0 bridgehead atoms. The molecule has 2 aromatic rings. The number of aliphatic imine (C=N–C) groups is 2. The van der Waals surface area contributed by atoms with Gasteiger partial charge in [-0.05, 0) is 31.8 Å². The van der Waals surface area contributed by atoms with Crippen LogP contribution in [0.15, 0.2) is 53.0 Å². The molecule has 1 heterocycles. The number of para-hydroxylation sites is 1. The highest BCUT2D eigenvalue weighted by Crippen LogP contribution is 2.45. The van der Waals surface area contributed by atoms with Crippen LogP contribution >= 0.6 is 8.58 Å². The SMILES string of the molecule is C=C1c2c(N=CC)cc(PC)c(OC)c2N=CN1c1ccccc1. The van der Waals surface area contributed by atoms with E-state index >= 15 is 0 Å². The van der Waals surface area contributed by atoms with Gasteiger partial charge in [-0.15, -0.1) is 0 Å². The van der Waals surface area contributed by atoms with Crippen molar-refractivity contribution in [2.24, 2.45) is 9.98 Å². The first kappa shape index (κ1) is 16.4. The Labute approximate surface area is 144 Å². The van der Waals surface area contributed by atoms with Gasteiger partial charge in [-0.25, -0.2) is 4.99 Å². The van der Waals surface area contributed by atoms with Crippen molar-refractivity contribution < 1.29 is 4.74 Å². The van der Waals surface area contributed by atoms with Crippen LogP contribution in [0.25, 0.3) is 5.70 Å². The number of rotatable bonds is 4. The molecule has 24 heavy (non-hydrogen) atoms. The van der Waals surface area contributed by atoms with Gasteiger partial charge in [0.1, 0.15) is 12.0 Å². The molecular formula is C19H20N3OP. The van der Waals surface area contributed by atoms with Gasteiger partial charge in [0.25, 0.3) is 0 Å². The van der Waals surface area contributed by atoms with E-state index in [0.29, 0.717) is 8.58 Å². The van der Waals surface area contributed by atoms with Crippen LogP contribution in [0.1, 0.15) is 12.5 Å². The van der Waals surface area contributed by atoms with Crippen molar-refractivity contribution in [3.63, 3.8) is 0 Å². The number of nitrogens with zero attached hydrogens (tertiary/aromatic N) is 3. The first-order valence-corrected chi connectivity index (χ1v) is 9.20. The Hall–Kier alpha value is -2.45. The van der Waals surface area contributed by atoms with Gasteiger partial charge in [-0.2, -0.15) is 0 Å². The fourth-order valence-electron chi connectivity index (χ4n) is 2.79. The summed E-state index contributed by atoms with van der Waals surface area (Å²) in [5.41, 5.74) is 4.46. The van der Waals surface area contributed by atoms with Gasteiger partial charge in [0.2, 0.25) is 0 Å². The molecule has 122 valence electrons. The summed E-state index contributed by atoms with van der Waals surface area (Å²) in [5, 5.41) is 1.12. The van der Waals surface area contributed by atoms with Crippen molar-refractivity contribution in [2.75, 3.05) is 18.7 Å². The highest BCUT2D eigenvalue weighted by molar-refractivity contribution is 7.46. The molecule has 1 unspecified atom stereocenters. The summed E-state index contributed by atoms with van der Waals surface area (Å²) in [6.07, 6.45) is 3.59. The standard InChI is InChI=1S/C19H20N3OP/c1-5-20-15-11-16(24-4)19(23-3)18-17(15)13(2)22(12-21-18)14-9-7-6-8-10-14/h5-12,24H,2H2,1,3-4H3. The van der Waals surface area contributed by atoms with Crippen molar-refractivity contribution >= 4 is 49.2 Å². The van der Waals surface area contributed by atoms with Crippen LogP contribution in [0.5, 0.6) is 5.75 Å². The largest absolute Gasteiger partial charge is 0.494 e. The quantitative estimate of drug-likeness (QED) is 0.608. The molecule has 0 spiro atoms. The minimum atomic E-state index is 0.601. The van der Waals surface area contributed by atoms with Crippen LogP contribution in [-0.4, -0.2) is 26.3 Å². The summed E-state index contributed by atoms with van der Waals surface area (Å²) in [6, 6.07) is 12.1. The van der Waals surface area contributed by atoms with Crippen molar-refractivity contribution in [3.05, 3.63) is 48.5 Å². The van der Waals surface area contributed by atoms with Crippen molar-refractivity contribution in [3.8, 4) is 5.75 Å². The van der Waals surface area contributed by atoms with Crippen LogP contribution in [0.4, 0.5) is 17.1 Å². The van der Waals surface area contributed by atoms with Gasteiger partial charge in [0.05, 0.1) is 24.1 Å². The average molecular weight is 337 g/mol. The molecule has 0 saturated heterocycles. The fourth-order valence-corrected chi connectivity index (χ4v) is 3.52. The zero-order valence-corrected chi connectivity index (χ0v) is 15.1. The van der Waals surface area contributed by atoms with Gasteiger partial charge in [0.15, 0.2) is 5.75 Å². The predicted molar refractivity (Wildman–Crippen MR) is 107 cm³/mol. The third-order valence-electron chi connectivity index (χ3n) is 3.89. The lowest BCUT2D eigenvalue weighted by molar-refractivity contribution is 0.419. The lowest BCUT2D eigenvalue weighted by atomic mass is 10.0. The van der Waals surface area contributed by atoms with Gasteiger partial charge in [0, 0.05) is 17.2 Å². The summed E-state index contributed by atoms with van der Waals surface area (Å²) in [7, 11) is 2.28. The number of hydrogen-bond acceptors (Lipinski definition) is 4. The first-order chi connectivity index (χ1) is 11.7. The molecule has 0 radical (unpaired) electrons. The second-order valence-corrected chi connectivity index (χ2v) is 6.27. The highest BCUT2D eigenvalue weighted by atomic mass is 31.1. The molecule has 0 fully saturated rings. The molecule has 0 aromatic heterocycles. The molecule has 4 nitrogen and oxygen atoms in total. The van der Waals surface area contributed by atoms with Gasteiger partial charge in [-0.3, -0.25) is 4.99 Å². The summed E-state index contributed by atoms with van der Waals surface area (Å²) in [5.74, 6) is 0.811. The summed E-state index contributed by atoms with van der Waals surface area (Å²) in [6.45, 7) is 8.33. The zero-order chi connectivity index (χ0) is 17.1. The number of hydrogen-bond donors (Lipinski definition) is 0. The van der Waals surface area contributed by atoms with Crippen LogP contribution in [0.2, 0.25) is 0 Å². The summed E-state index contributed by atoms with van der Waals surface area (Å²) < 4.78 is 5.64. The fraction of sp³-hybridized carbons (Fsp3) is 0.158. The molecule has 3 rings (SSSR count). The zero-order valence-electron chi connectivity index (χ0n) is 14.1. The predicted octanol–water partition coefficient (Wildman–Crippen LogP) is 4.50. The molecule has 1 aliphatic rings. The Balaban J connectivity index is 2.21. The molecular weight excluding hydrogens is 317 g/mol. The average Bonchev–Trinajstić information content (AvgIpc) is 2.62. The molecule has 1 atom stereocenters. The van der Waals surface area contributed by atoms with E-state index in [-0.39, 0.29) is 0 Å². The van der Waals surface area contributed by atoms with E-state index in [4.69, 9.17) is 4.74 Å². The number of anilines is 1. The van der Waals surface area contributed by atoms with E-state index in [2.05, 4.69) is 29.3 Å². The normalized spacial score (nSPS) is 14.0. The van der Waals surface area contributed by atoms with Crippen molar-refractivity contribution in [2.45, 2.75) is 6.92 Å². The highest BCUT2D eigenvalue weighted by Gasteiger charge is 2.26. The van der Waals surface area contributed by atoms with Crippen molar-refractivity contribution in [1.82, 2.24) is 0 Å². The molecule has 1 aliphatic heterocycles. The monoisotopic (exact) mass is 337 g/mol.